The Morgan fingerprint density at radius 3 is 2.67 bits per heavy atom. The van der Waals surface area contributed by atoms with E-state index in [-0.39, 0.29) is 21.6 Å². The third-order valence-electron chi connectivity index (χ3n) is 4.88. The third kappa shape index (κ3) is 4.86. The highest BCUT2D eigenvalue weighted by atomic mass is 35.5. The largest absolute Gasteiger partial charge is 0.373 e. The summed E-state index contributed by atoms with van der Waals surface area (Å²) in [4.78, 5) is 14.6. The molecule has 8 heteroatoms. The van der Waals surface area contributed by atoms with E-state index in [1.165, 1.54) is 18.2 Å². The Labute approximate surface area is 169 Å². The normalized spacial score (nSPS) is 20.9. The highest BCUT2D eigenvalue weighted by Gasteiger charge is 2.28. The molecule has 1 fully saturated rings. The fraction of sp³-hybridized carbons (Fsp3) is 0.421. The number of carbonyl (C=O) groups is 1. The lowest BCUT2D eigenvalue weighted by atomic mass is 9.98. The molecular weight excluding hydrogens is 407 g/mol. The van der Waals surface area contributed by atoms with E-state index < -0.39 is 15.9 Å². The lowest BCUT2D eigenvalue weighted by Gasteiger charge is -2.33. The fourth-order valence-electron chi connectivity index (χ4n) is 3.24. The van der Waals surface area contributed by atoms with Crippen molar-refractivity contribution < 1.29 is 13.2 Å². The molecule has 0 spiro atoms. The van der Waals surface area contributed by atoms with Gasteiger partial charge in [-0.3, -0.25) is 4.79 Å². The summed E-state index contributed by atoms with van der Waals surface area (Å²) in [7, 11) is -3.70. The zero-order valence-corrected chi connectivity index (χ0v) is 17.3. The van der Waals surface area contributed by atoms with Gasteiger partial charge in [0.15, 0.2) is 9.84 Å². The molecule has 0 saturated carbocycles. The molecule has 2 aliphatic heterocycles. The van der Waals surface area contributed by atoms with Gasteiger partial charge in [-0.2, -0.15) is 0 Å². The summed E-state index contributed by atoms with van der Waals surface area (Å²) in [6.07, 6.45) is 7.12. The Balaban J connectivity index is 1.70. The molecule has 1 aromatic rings. The summed E-state index contributed by atoms with van der Waals surface area (Å²) >= 11 is 12.0. The number of halogens is 2. The highest BCUT2D eigenvalue weighted by molar-refractivity contribution is 7.91. The van der Waals surface area contributed by atoms with Crippen LogP contribution in [0.15, 0.2) is 47.0 Å². The minimum atomic E-state index is -3.70. The average Bonchev–Trinajstić information content (AvgIpc) is 2.63. The maximum atomic E-state index is 12.7. The highest BCUT2D eigenvalue weighted by Crippen LogP contribution is 2.27. The van der Waals surface area contributed by atoms with Gasteiger partial charge in [0.1, 0.15) is 6.04 Å². The number of hydrogen-bond donors (Lipinski definition) is 1. The summed E-state index contributed by atoms with van der Waals surface area (Å²) < 4.78 is 25.5. The Hall–Kier alpha value is -1.50. The van der Waals surface area contributed by atoms with Crippen molar-refractivity contribution in [1.29, 1.82) is 0 Å². The van der Waals surface area contributed by atoms with Crippen molar-refractivity contribution in [2.24, 2.45) is 5.92 Å². The van der Waals surface area contributed by atoms with Crippen LogP contribution in [0.5, 0.6) is 0 Å². The number of benzene rings is 1. The number of amides is 1. The maximum absolute atomic E-state index is 12.7. The molecule has 0 radical (unpaired) electrons. The molecule has 1 aromatic carbocycles. The van der Waals surface area contributed by atoms with E-state index in [2.05, 4.69) is 12.2 Å². The molecule has 2 aliphatic rings. The first-order valence-electron chi connectivity index (χ1n) is 8.87. The van der Waals surface area contributed by atoms with Crippen LogP contribution in [-0.2, 0) is 14.6 Å². The van der Waals surface area contributed by atoms with Gasteiger partial charge in [-0.1, -0.05) is 42.3 Å². The van der Waals surface area contributed by atoms with Crippen molar-refractivity contribution in [3.8, 4) is 0 Å². The molecular formula is C19H22Cl2N2O3S. The Morgan fingerprint density at radius 1 is 1.26 bits per heavy atom. The number of sulfone groups is 1. The van der Waals surface area contributed by atoms with E-state index in [0.29, 0.717) is 16.6 Å². The first-order valence-corrected chi connectivity index (χ1v) is 11.3. The second-order valence-electron chi connectivity index (χ2n) is 7.04. The van der Waals surface area contributed by atoms with Gasteiger partial charge >= 0.3 is 0 Å². The number of rotatable bonds is 4. The number of carbonyl (C=O) groups excluding carboxylic acids is 1. The van der Waals surface area contributed by atoms with Crippen LogP contribution >= 0.6 is 23.2 Å². The molecule has 3 rings (SSSR count). The van der Waals surface area contributed by atoms with Crippen molar-refractivity contribution in [2.75, 3.05) is 18.8 Å². The van der Waals surface area contributed by atoms with Gasteiger partial charge in [0.05, 0.1) is 15.7 Å². The Morgan fingerprint density at radius 2 is 1.96 bits per heavy atom. The first-order chi connectivity index (χ1) is 12.8. The lowest BCUT2D eigenvalue weighted by Crippen LogP contribution is -2.49. The van der Waals surface area contributed by atoms with Gasteiger partial charge in [0.2, 0.25) is 5.91 Å². The van der Waals surface area contributed by atoms with Crippen LogP contribution in [-0.4, -0.2) is 44.1 Å². The zero-order valence-electron chi connectivity index (χ0n) is 15.0. The zero-order chi connectivity index (χ0) is 19.6. The summed E-state index contributed by atoms with van der Waals surface area (Å²) in [5.41, 5.74) is 0.456. The SMILES string of the molecule is CC1CCN(C(=O)C2C=CC=C(CS(=O)(=O)c3cc(Cl)ccc3Cl)N2)CC1. The van der Waals surface area contributed by atoms with Gasteiger partial charge in [-0.05, 0) is 43.0 Å². The van der Waals surface area contributed by atoms with Gasteiger partial charge in [0.25, 0.3) is 0 Å². The van der Waals surface area contributed by atoms with E-state index in [9.17, 15) is 13.2 Å². The minimum absolute atomic E-state index is 0.0122. The van der Waals surface area contributed by atoms with Crippen molar-refractivity contribution >= 4 is 38.9 Å². The van der Waals surface area contributed by atoms with Crippen LogP contribution in [0.4, 0.5) is 0 Å². The molecule has 0 aromatic heterocycles. The molecule has 1 saturated heterocycles. The smallest absolute Gasteiger partial charge is 0.249 e. The molecule has 1 amide bonds. The van der Waals surface area contributed by atoms with E-state index in [4.69, 9.17) is 23.2 Å². The third-order valence-corrected chi connectivity index (χ3v) is 7.25. The molecule has 1 N–H and O–H groups in total. The minimum Gasteiger partial charge on any atom is -0.373 e. The van der Waals surface area contributed by atoms with Gasteiger partial charge in [0, 0.05) is 23.8 Å². The number of hydrogen-bond acceptors (Lipinski definition) is 4. The number of nitrogens with zero attached hydrogens (tertiary/aromatic N) is 1. The molecule has 5 nitrogen and oxygen atoms in total. The lowest BCUT2D eigenvalue weighted by molar-refractivity contribution is -0.133. The number of likely N-dealkylation sites (tertiary alicyclic amines) is 1. The van der Waals surface area contributed by atoms with Crippen molar-refractivity contribution in [3.63, 3.8) is 0 Å². The van der Waals surface area contributed by atoms with Gasteiger partial charge in [-0.15, -0.1) is 0 Å². The van der Waals surface area contributed by atoms with Crippen LogP contribution in [0.3, 0.4) is 0 Å². The molecule has 0 bridgehead atoms. The van der Waals surface area contributed by atoms with Gasteiger partial charge in [-0.25, -0.2) is 8.42 Å². The number of allylic oxidation sites excluding steroid dienone is 2. The van der Waals surface area contributed by atoms with E-state index in [1.54, 1.807) is 18.2 Å². The topological polar surface area (TPSA) is 66.5 Å². The summed E-state index contributed by atoms with van der Waals surface area (Å²) in [5.74, 6) is 0.326. The summed E-state index contributed by atoms with van der Waals surface area (Å²) in [6.45, 7) is 3.66. The second-order valence-corrected chi connectivity index (χ2v) is 9.84. The van der Waals surface area contributed by atoms with Crippen molar-refractivity contribution in [2.45, 2.75) is 30.7 Å². The summed E-state index contributed by atoms with van der Waals surface area (Å²) in [6, 6.07) is 3.79. The molecule has 1 unspecified atom stereocenters. The van der Waals surface area contributed by atoms with E-state index in [1.807, 2.05) is 4.90 Å². The Bertz CT molecular complexity index is 888. The number of dihydropyridines is 1. The number of piperidine rings is 1. The standard InChI is InChI=1S/C19H22Cl2N2O3S/c1-13-7-9-23(10-8-13)19(24)17-4-2-3-15(22-17)12-27(25,26)18-11-14(20)5-6-16(18)21/h2-6,11,13,17,22H,7-10,12H2,1H3. The average molecular weight is 429 g/mol. The molecule has 1 atom stereocenters. The van der Waals surface area contributed by atoms with E-state index in [0.717, 1.165) is 25.9 Å². The molecule has 27 heavy (non-hydrogen) atoms. The van der Waals surface area contributed by atoms with Crippen LogP contribution in [0.1, 0.15) is 19.8 Å². The monoisotopic (exact) mass is 428 g/mol. The predicted molar refractivity (Wildman–Crippen MR) is 108 cm³/mol. The quantitative estimate of drug-likeness (QED) is 0.797. The van der Waals surface area contributed by atoms with Crippen molar-refractivity contribution in [1.82, 2.24) is 10.2 Å². The second kappa shape index (κ2) is 8.25. The van der Waals surface area contributed by atoms with E-state index >= 15 is 0 Å². The van der Waals surface area contributed by atoms with Crippen LogP contribution in [0.25, 0.3) is 0 Å². The summed E-state index contributed by atoms with van der Waals surface area (Å²) in [5, 5.41) is 3.48. The Kier molecular flexibility index (Phi) is 6.18. The first kappa shape index (κ1) is 20.2. The number of nitrogens with one attached hydrogen (secondary N) is 1. The van der Waals surface area contributed by atoms with Gasteiger partial charge < -0.3 is 10.2 Å². The van der Waals surface area contributed by atoms with Crippen molar-refractivity contribution in [3.05, 3.63) is 52.2 Å². The van der Waals surface area contributed by atoms with Crippen LogP contribution in [0, 0.1) is 5.92 Å². The molecule has 146 valence electrons. The van der Waals surface area contributed by atoms with Crippen LogP contribution in [0.2, 0.25) is 10.0 Å². The predicted octanol–water partition coefficient (Wildman–Crippen LogP) is 3.44. The molecule has 0 aliphatic carbocycles. The fourth-order valence-corrected chi connectivity index (χ4v) is 5.36. The molecule has 2 heterocycles. The maximum Gasteiger partial charge on any atom is 0.249 e. The van der Waals surface area contributed by atoms with Crippen LogP contribution < -0.4 is 5.32 Å².